The van der Waals surface area contributed by atoms with E-state index < -0.39 is 43.1 Å². The molecule has 2 N–H and O–H groups in total. The Morgan fingerprint density at radius 2 is 1.95 bits per heavy atom. The van der Waals surface area contributed by atoms with E-state index in [0.717, 1.165) is 17.7 Å². The van der Waals surface area contributed by atoms with Gasteiger partial charge in [-0.1, -0.05) is 0 Å². The van der Waals surface area contributed by atoms with Gasteiger partial charge in [0.2, 0.25) is 0 Å². The Kier molecular flexibility index (Phi) is 3.70. The molecule has 0 saturated carbocycles. The van der Waals surface area contributed by atoms with Gasteiger partial charge in [-0.05, 0) is 19.3 Å². The van der Waals surface area contributed by atoms with Gasteiger partial charge in [-0.2, -0.15) is 13.2 Å². The molecule has 3 aliphatic heterocycles. The molecule has 3 heterocycles. The molecule has 3 aliphatic rings. The van der Waals surface area contributed by atoms with Gasteiger partial charge < -0.3 is 20.1 Å². The highest BCUT2D eigenvalue weighted by Crippen LogP contribution is 2.38. The average Bonchev–Trinajstić information content (AvgIpc) is 3.12. The number of carboxylic acid groups (broad SMARTS) is 1. The van der Waals surface area contributed by atoms with Gasteiger partial charge >= 0.3 is 18.2 Å². The molecule has 2 bridgehead atoms. The summed E-state index contributed by atoms with van der Waals surface area (Å²) in [6, 6.07) is -0.835. The van der Waals surface area contributed by atoms with E-state index in [0.29, 0.717) is 6.42 Å². The Labute approximate surface area is 124 Å². The topological polar surface area (TPSA) is 78.9 Å². The van der Waals surface area contributed by atoms with Crippen LogP contribution >= 0.6 is 0 Å². The maximum absolute atomic E-state index is 12.9. The summed E-state index contributed by atoms with van der Waals surface area (Å²) in [5.41, 5.74) is 0. The third-order valence-corrected chi connectivity index (χ3v) is 4.76. The van der Waals surface area contributed by atoms with Crippen molar-refractivity contribution in [3.8, 4) is 0 Å². The number of urea groups is 1. The van der Waals surface area contributed by atoms with Crippen molar-refractivity contribution in [3.63, 3.8) is 0 Å². The van der Waals surface area contributed by atoms with Crippen molar-refractivity contribution in [3.05, 3.63) is 0 Å². The molecule has 2 amide bonds. The zero-order valence-electron chi connectivity index (χ0n) is 11.7. The molecule has 3 saturated heterocycles. The summed E-state index contributed by atoms with van der Waals surface area (Å²) in [5, 5.41) is 11.6. The van der Waals surface area contributed by atoms with E-state index in [-0.39, 0.29) is 18.2 Å². The second-order valence-corrected chi connectivity index (χ2v) is 6.16. The lowest BCUT2D eigenvalue weighted by atomic mass is 9.96. The van der Waals surface area contributed by atoms with E-state index in [1.165, 1.54) is 0 Å². The highest BCUT2D eigenvalue weighted by atomic mass is 19.4. The Balaban J connectivity index is 1.62. The molecule has 0 aliphatic carbocycles. The number of halogens is 3. The fourth-order valence-corrected chi connectivity index (χ4v) is 3.59. The van der Waals surface area contributed by atoms with E-state index in [1.807, 2.05) is 0 Å². The number of hydrogen-bond acceptors (Lipinski definition) is 3. The van der Waals surface area contributed by atoms with Crippen molar-refractivity contribution >= 4 is 12.0 Å². The molecule has 5 atom stereocenters. The van der Waals surface area contributed by atoms with Gasteiger partial charge in [0.25, 0.3) is 0 Å². The molecule has 22 heavy (non-hydrogen) atoms. The second kappa shape index (κ2) is 5.29. The first kappa shape index (κ1) is 15.4. The number of carbonyl (C=O) groups excluding carboxylic acids is 1. The summed E-state index contributed by atoms with van der Waals surface area (Å²) in [6.07, 6.45) is -2.16. The molecule has 0 aromatic heterocycles. The van der Waals surface area contributed by atoms with Crippen molar-refractivity contribution in [2.75, 3.05) is 13.1 Å². The summed E-state index contributed by atoms with van der Waals surface area (Å²) in [5.74, 6) is -5.16. The molecule has 3 fully saturated rings. The predicted octanol–water partition coefficient (Wildman–Crippen LogP) is 1.21. The second-order valence-electron chi connectivity index (χ2n) is 6.16. The maximum Gasteiger partial charge on any atom is 0.394 e. The molecule has 124 valence electrons. The van der Waals surface area contributed by atoms with Crippen LogP contribution in [0.25, 0.3) is 0 Å². The number of rotatable bonds is 2. The molecule has 0 aromatic rings. The van der Waals surface area contributed by atoms with Crippen LogP contribution in [0.5, 0.6) is 0 Å². The van der Waals surface area contributed by atoms with Gasteiger partial charge in [0.15, 0.2) is 0 Å². The normalized spacial score (nSPS) is 37.6. The van der Waals surface area contributed by atoms with Crippen molar-refractivity contribution in [2.45, 2.75) is 43.7 Å². The number of alkyl halides is 3. The van der Waals surface area contributed by atoms with E-state index in [4.69, 9.17) is 9.84 Å². The van der Waals surface area contributed by atoms with Gasteiger partial charge in [0, 0.05) is 13.1 Å². The van der Waals surface area contributed by atoms with Crippen LogP contribution in [0.4, 0.5) is 18.0 Å². The van der Waals surface area contributed by atoms with Crippen molar-refractivity contribution < 1.29 is 32.6 Å². The molecule has 0 unspecified atom stereocenters. The van der Waals surface area contributed by atoms with Crippen LogP contribution in [-0.2, 0) is 9.53 Å². The monoisotopic (exact) mass is 322 g/mol. The molecular weight excluding hydrogens is 305 g/mol. The van der Waals surface area contributed by atoms with Crippen LogP contribution in [0, 0.1) is 11.8 Å². The van der Waals surface area contributed by atoms with Gasteiger partial charge in [0.1, 0.15) is 0 Å². The average molecular weight is 322 g/mol. The highest BCUT2D eigenvalue weighted by molar-refractivity contribution is 5.78. The first-order valence-corrected chi connectivity index (χ1v) is 7.26. The van der Waals surface area contributed by atoms with Gasteiger partial charge in [-0.3, -0.25) is 4.79 Å². The summed E-state index contributed by atoms with van der Waals surface area (Å²) in [7, 11) is 0. The number of carboxylic acids is 1. The number of likely N-dealkylation sites (tertiary alicyclic amines) is 1. The molecule has 0 aromatic carbocycles. The number of aliphatic carboxylic acids is 1. The van der Waals surface area contributed by atoms with Gasteiger partial charge in [-0.15, -0.1) is 0 Å². The lowest BCUT2D eigenvalue weighted by Crippen LogP contribution is -2.48. The molecular formula is C13H17F3N2O4. The zero-order valence-corrected chi connectivity index (χ0v) is 11.7. The molecule has 0 radical (unpaired) electrons. The lowest BCUT2D eigenvalue weighted by molar-refractivity contribution is -0.187. The Bertz CT molecular complexity index is 484. The minimum absolute atomic E-state index is 0.0785. The summed E-state index contributed by atoms with van der Waals surface area (Å²) in [4.78, 5) is 24.1. The number of amides is 2. The number of ether oxygens (including phenoxy) is 1. The van der Waals surface area contributed by atoms with Crippen LogP contribution in [0.3, 0.4) is 0 Å². The summed E-state index contributed by atoms with van der Waals surface area (Å²) >= 11 is 0. The minimum Gasteiger partial charge on any atom is -0.481 e. The van der Waals surface area contributed by atoms with Crippen molar-refractivity contribution in [1.29, 1.82) is 0 Å². The summed E-state index contributed by atoms with van der Waals surface area (Å²) < 4.78 is 44.3. The Morgan fingerprint density at radius 3 is 2.41 bits per heavy atom. The Hall–Kier alpha value is -1.51. The quantitative estimate of drug-likeness (QED) is 0.801. The zero-order chi connectivity index (χ0) is 16.1. The van der Waals surface area contributed by atoms with E-state index >= 15 is 0 Å². The van der Waals surface area contributed by atoms with Crippen molar-refractivity contribution in [2.24, 2.45) is 11.8 Å². The lowest BCUT2D eigenvalue weighted by Gasteiger charge is -2.24. The predicted molar refractivity (Wildman–Crippen MR) is 67.1 cm³/mol. The Morgan fingerprint density at radius 1 is 1.23 bits per heavy atom. The number of fused-ring (bicyclic) bond motifs is 2. The van der Waals surface area contributed by atoms with Crippen LogP contribution in [0.1, 0.15) is 19.3 Å². The third kappa shape index (κ3) is 2.73. The molecule has 0 spiro atoms. The first-order chi connectivity index (χ1) is 10.3. The SMILES string of the molecule is O=C(O)[C@@H]1CN(C(=O)N[C@@H]2C[C@H]3CC[C@@H]2O3)C[C@H]1C(F)(F)F. The van der Waals surface area contributed by atoms with Crippen LogP contribution in [-0.4, -0.2) is 59.5 Å². The molecule has 9 heteroatoms. The van der Waals surface area contributed by atoms with E-state index in [9.17, 15) is 22.8 Å². The van der Waals surface area contributed by atoms with Crippen molar-refractivity contribution in [1.82, 2.24) is 10.2 Å². The highest BCUT2D eigenvalue weighted by Gasteiger charge is 2.54. The number of carbonyl (C=O) groups is 2. The number of nitrogens with one attached hydrogen (secondary N) is 1. The maximum atomic E-state index is 12.9. The third-order valence-electron chi connectivity index (χ3n) is 4.76. The first-order valence-electron chi connectivity index (χ1n) is 7.26. The standard InChI is InChI=1S/C13H17F3N2O4/c14-13(15,16)8-5-18(4-7(8)11(19)20)12(21)17-9-3-6-1-2-10(9)22-6/h6-10H,1-5H2,(H,17,21)(H,19,20)/t6-,7-,8-,9-,10+/m1/s1. The smallest absolute Gasteiger partial charge is 0.394 e. The fourth-order valence-electron chi connectivity index (χ4n) is 3.59. The van der Waals surface area contributed by atoms with Gasteiger partial charge in [-0.25, -0.2) is 4.79 Å². The number of hydrogen-bond donors (Lipinski definition) is 2. The minimum atomic E-state index is -4.63. The molecule has 3 rings (SSSR count). The van der Waals surface area contributed by atoms with Crippen LogP contribution < -0.4 is 5.32 Å². The van der Waals surface area contributed by atoms with Crippen LogP contribution in [0.15, 0.2) is 0 Å². The largest absolute Gasteiger partial charge is 0.481 e. The van der Waals surface area contributed by atoms with Gasteiger partial charge in [0.05, 0.1) is 30.1 Å². The molecule has 6 nitrogen and oxygen atoms in total. The van der Waals surface area contributed by atoms with E-state index in [1.54, 1.807) is 0 Å². The fraction of sp³-hybridized carbons (Fsp3) is 0.846. The number of nitrogens with zero attached hydrogens (tertiary/aromatic N) is 1. The van der Waals surface area contributed by atoms with Crippen LogP contribution in [0.2, 0.25) is 0 Å². The van der Waals surface area contributed by atoms with E-state index in [2.05, 4.69) is 5.32 Å². The summed E-state index contributed by atoms with van der Waals surface area (Å²) in [6.45, 7) is -1.04.